The van der Waals surface area contributed by atoms with E-state index in [4.69, 9.17) is 5.26 Å². The van der Waals surface area contributed by atoms with E-state index in [9.17, 15) is 14.4 Å². The molecule has 7 nitrogen and oxygen atoms in total. The van der Waals surface area contributed by atoms with Crippen LogP contribution in [0.4, 0.5) is 0 Å². The molecule has 0 aromatic carbocycles. The molecule has 0 saturated carbocycles. The number of aryl methyl sites for hydroxylation is 1. The first-order valence-electron chi connectivity index (χ1n) is 8.37. The van der Waals surface area contributed by atoms with Gasteiger partial charge in [-0.15, -0.1) is 0 Å². The van der Waals surface area contributed by atoms with Gasteiger partial charge in [-0.25, -0.2) is 9.36 Å². The predicted octanol–water partition coefficient (Wildman–Crippen LogP) is 1.33. The highest BCUT2D eigenvalue weighted by molar-refractivity contribution is 5.76. The van der Waals surface area contributed by atoms with Gasteiger partial charge in [0.05, 0.1) is 0 Å². The molecule has 7 heteroatoms. The molecule has 0 radical (unpaired) electrons. The Morgan fingerprint density at radius 1 is 1.21 bits per heavy atom. The van der Waals surface area contributed by atoms with Crippen LogP contribution in [-0.2, 0) is 17.9 Å². The van der Waals surface area contributed by atoms with E-state index in [0.29, 0.717) is 6.54 Å². The molecular weight excluding hydrogens is 308 g/mol. The van der Waals surface area contributed by atoms with Gasteiger partial charge in [0.15, 0.2) is 0 Å². The summed E-state index contributed by atoms with van der Waals surface area (Å²) in [5, 5.41) is 9.08. The Morgan fingerprint density at radius 3 is 2.17 bits per heavy atom. The molecule has 1 heterocycles. The summed E-state index contributed by atoms with van der Waals surface area (Å²) in [6.07, 6.45) is 2.80. The van der Waals surface area contributed by atoms with E-state index < -0.39 is 11.2 Å². The van der Waals surface area contributed by atoms with E-state index in [1.54, 1.807) is 17.9 Å². The Bertz CT molecular complexity index is 732. The van der Waals surface area contributed by atoms with Crippen LogP contribution >= 0.6 is 0 Å². The Kier molecular flexibility index (Phi) is 6.96. The molecule has 1 amide bonds. The van der Waals surface area contributed by atoms with Crippen LogP contribution in [0.25, 0.3) is 0 Å². The van der Waals surface area contributed by atoms with Crippen molar-refractivity contribution in [2.45, 2.75) is 72.6 Å². The molecule has 0 fully saturated rings. The molecule has 24 heavy (non-hydrogen) atoms. The van der Waals surface area contributed by atoms with Crippen molar-refractivity contribution in [2.24, 2.45) is 0 Å². The highest BCUT2D eigenvalue weighted by Crippen LogP contribution is 2.12. The minimum Gasteiger partial charge on any atom is -0.336 e. The Morgan fingerprint density at radius 2 is 1.75 bits per heavy atom. The van der Waals surface area contributed by atoms with Crippen LogP contribution in [-0.4, -0.2) is 32.0 Å². The van der Waals surface area contributed by atoms with Crippen LogP contribution in [0.3, 0.4) is 0 Å². The average Bonchev–Trinajstić information content (AvgIpc) is 2.58. The summed E-state index contributed by atoms with van der Waals surface area (Å²) in [5.41, 5.74) is -1.42. The second-order valence-electron chi connectivity index (χ2n) is 5.93. The van der Waals surface area contributed by atoms with Gasteiger partial charge in [-0.05, 0) is 33.6 Å². The first kappa shape index (κ1) is 19.7. The third-order valence-corrected chi connectivity index (χ3v) is 4.41. The maximum atomic E-state index is 12.8. The smallest absolute Gasteiger partial charge is 0.331 e. The standard InChI is InChI=1S/C17H26N4O3/c1-6-12(4)21(13(5)7-2)15(22)11-20-16(23)14(9-18)10-19(8-3)17(20)24/h10,12-13H,6-8,11H2,1-5H3/t12-,13-/m1/s1. The van der Waals surface area contributed by atoms with Crippen LogP contribution in [0.2, 0.25) is 0 Å². The molecule has 0 aliphatic carbocycles. The molecule has 0 unspecified atom stereocenters. The van der Waals surface area contributed by atoms with Gasteiger partial charge in [-0.1, -0.05) is 13.8 Å². The van der Waals surface area contributed by atoms with E-state index in [0.717, 1.165) is 17.4 Å². The van der Waals surface area contributed by atoms with Crippen LogP contribution in [0, 0.1) is 11.3 Å². The minimum atomic E-state index is -0.714. The molecule has 0 saturated heterocycles. The molecule has 1 aromatic heterocycles. The van der Waals surface area contributed by atoms with Gasteiger partial charge in [0.1, 0.15) is 18.2 Å². The fraction of sp³-hybridized carbons (Fsp3) is 0.647. The van der Waals surface area contributed by atoms with Crippen molar-refractivity contribution >= 4 is 5.91 Å². The third-order valence-electron chi connectivity index (χ3n) is 4.41. The lowest BCUT2D eigenvalue weighted by Gasteiger charge is -2.34. The van der Waals surface area contributed by atoms with Gasteiger partial charge in [0.2, 0.25) is 5.91 Å². The number of hydrogen-bond acceptors (Lipinski definition) is 4. The number of nitrogens with zero attached hydrogens (tertiary/aromatic N) is 4. The Balaban J connectivity index is 3.34. The fourth-order valence-electron chi connectivity index (χ4n) is 2.63. The second-order valence-corrected chi connectivity index (χ2v) is 5.93. The van der Waals surface area contributed by atoms with Gasteiger partial charge < -0.3 is 4.90 Å². The molecule has 132 valence electrons. The van der Waals surface area contributed by atoms with Crippen molar-refractivity contribution in [3.63, 3.8) is 0 Å². The highest BCUT2D eigenvalue weighted by Gasteiger charge is 2.25. The van der Waals surface area contributed by atoms with Crippen LogP contribution in [0.1, 0.15) is 53.0 Å². The fourth-order valence-corrected chi connectivity index (χ4v) is 2.63. The maximum absolute atomic E-state index is 12.8. The van der Waals surface area contributed by atoms with Gasteiger partial charge in [-0.2, -0.15) is 5.26 Å². The van der Waals surface area contributed by atoms with E-state index in [-0.39, 0.29) is 30.1 Å². The summed E-state index contributed by atoms with van der Waals surface area (Å²) in [6.45, 7) is 9.58. The summed E-state index contributed by atoms with van der Waals surface area (Å²) in [4.78, 5) is 39.1. The van der Waals surface area contributed by atoms with Crippen molar-refractivity contribution in [1.29, 1.82) is 5.26 Å². The van der Waals surface area contributed by atoms with Crippen molar-refractivity contribution in [3.8, 4) is 6.07 Å². The number of hydrogen-bond donors (Lipinski definition) is 0. The summed E-state index contributed by atoms with van der Waals surface area (Å²) in [7, 11) is 0. The lowest BCUT2D eigenvalue weighted by Crippen LogP contribution is -2.49. The second kappa shape index (κ2) is 8.48. The largest absolute Gasteiger partial charge is 0.336 e. The summed E-state index contributed by atoms with van der Waals surface area (Å²) in [5.74, 6) is -0.282. The summed E-state index contributed by atoms with van der Waals surface area (Å²) in [6, 6.07) is 1.81. The minimum absolute atomic E-state index is 0.00991. The Hall–Kier alpha value is -2.36. The van der Waals surface area contributed by atoms with Crippen LogP contribution < -0.4 is 11.2 Å². The van der Waals surface area contributed by atoms with Crippen molar-refractivity contribution in [2.75, 3.05) is 0 Å². The molecule has 0 bridgehead atoms. The van der Waals surface area contributed by atoms with Gasteiger partial charge in [0.25, 0.3) is 5.56 Å². The van der Waals surface area contributed by atoms with Crippen molar-refractivity contribution < 1.29 is 4.79 Å². The molecule has 2 atom stereocenters. The molecular formula is C17H26N4O3. The first-order chi connectivity index (χ1) is 11.3. The number of carbonyl (C=O) groups is 1. The lowest BCUT2D eigenvalue weighted by molar-refractivity contribution is -0.136. The molecule has 1 aromatic rings. The van der Waals surface area contributed by atoms with Crippen molar-refractivity contribution in [3.05, 3.63) is 32.6 Å². The van der Waals surface area contributed by atoms with E-state index in [2.05, 4.69) is 0 Å². The SMILES string of the molecule is CC[C@@H](C)N(C(=O)Cn1c(=O)c(C#N)cn(CC)c1=O)[C@H](C)CC. The zero-order valence-electron chi connectivity index (χ0n) is 15.1. The lowest BCUT2D eigenvalue weighted by atomic mass is 10.1. The third kappa shape index (κ3) is 3.94. The maximum Gasteiger partial charge on any atom is 0.331 e. The number of nitriles is 1. The van der Waals surface area contributed by atoms with Gasteiger partial charge in [-0.3, -0.25) is 14.2 Å². The van der Waals surface area contributed by atoms with E-state index >= 15 is 0 Å². The number of aromatic nitrogens is 2. The molecule has 1 rings (SSSR count). The zero-order valence-corrected chi connectivity index (χ0v) is 15.1. The topological polar surface area (TPSA) is 88.1 Å². The Labute approximate surface area is 142 Å². The quantitative estimate of drug-likeness (QED) is 0.752. The predicted molar refractivity (Wildman–Crippen MR) is 91.7 cm³/mol. The summed E-state index contributed by atoms with van der Waals surface area (Å²) >= 11 is 0. The van der Waals surface area contributed by atoms with E-state index in [1.807, 2.05) is 27.7 Å². The summed E-state index contributed by atoms with van der Waals surface area (Å²) < 4.78 is 2.13. The molecule has 0 aliphatic rings. The number of carbonyl (C=O) groups excluding carboxylic acids is 1. The van der Waals surface area contributed by atoms with Crippen molar-refractivity contribution in [1.82, 2.24) is 14.0 Å². The molecule has 0 spiro atoms. The van der Waals surface area contributed by atoms with Crippen LogP contribution in [0.15, 0.2) is 15.8 Å². The highest BCUT2D eigenvalue weighted by atomic mass is 16.2. The van der Waals surface area contributed by atoms with E-state index in [1.165, 1.54) is 10.8 Å². The monoisotopic (exact) mass is 334 g/mol. The average molecular weight is 334 g/mol. The molecule has 0 aliphatic heterocycles. The zero-order chi connectivity index (χ0) is 18.4. The number of rotatable bonds is 7. The van der Waals surface area contributed by atoms with Gasteiger partial charge >= 0.3 is 5.69 Å². The normalized spacial score (nSPS) is 13.2. The first-order valence-corrected chi connectivity index (χ1v) is 8.37. The van der Waals surface area contributed by atoms with Crippen LogP contribution in [0.5, 0.6) is 0 Å². The molecule has 0 N–H and O–H groups in total. The van der Waals surface area contributed by atoms with Gasteiger partial charge in [0, 0.05) is 24.8 Å². The number of amides is 1.